The Hall–Kier alpha value is -2.71. The van der Waals surface area contributed by atoms with Crippen molar-refractivity contribution in [3.05, 3.63) is 29.8 Å². The minimum Gasteiger partial charge on any atom is -0.383 e. The van der Waals surface area contributed by atoms with Crippen molar-refractivity contribution in [1.29, 1.82) is 0 Å². The Morgan fingerprint density at radius 2 is 1.86 bits per heavy atom. The van der Waals surface area contributed by atoms with Crippen molar-refractivity contribution in [2.24, 2.45) is 7.05 Å². The fourth-order valence-electron chi connectivity index (χ4n) is 3.58. The van der Waals surface area contributed by atoms with E-state index in [0.29, 0.717) is 23.3 Å². The molecule has 1 aromatic carbocycles. The molecule has 1 aliphatic rings. The van der Waals surface area contributed by atoms with Crippen LogP contribution in [-0.4, -0.2) is 64.0 Å². The first-order valence-electron chi connectivity index (χ1n) is 10.2. The molecule has 1 fully saturated rings. The molecule has 1 saturated heterocycles. The van der Waals surface area contributed by atoms with E-state index in [1.165, 1.54) is 5.56 Å². The van der Waals surface area contributed by atoms with Crippen molar-refractivity contribution in [3.63, 3.8) is 0 Å². The summed E-state index contributed by atoms with van der Waals surface area (Å²) in [6.07, 6.45) is 0. The van der Waals surface area contributed by atoms with Gasteiger partial charge < -0.3 is 15.8 Å². The summed E-state index contributed by atoms with van der Waals surface area (Å²) in [5.41, 5.74) is 10.0. The maximum atomic E-state index is 6.28. The molecule has 29 heavy (non-hydrogen) atoms. The number of morpholine rings is 1. The molecule has 2 aromatic heterocycles. The summed E-state index contributed by atoms with van der Waals surface area (Å²) in [7, 11) is 1.83. The van der Waals surface area contributed by atoms with Gasteiger partial charge in [0.2, 0.25) is 5.95 Å². The lowest BCUT2D eigenvalue weighted by Crippen LogP contribution is -2.39. The molecule has 4 rings (SSSR count). The number of aryl methyl sites for hydroxylation is 1. The Kier molecular flexibility index (Phi) is 5.64. The Morgan fingerprint density at radius 3 is 2.55 bits per heavy atom. The van der Waals surface area contributed by atoms with Crippen LogP contribution in [0.5, 0.6) is 0 Å². The molecular formula is C21H29N7O. The van der Waals surface area contributed by atoms with E-state index < -0.39 is 0 Å². The second-order valence-corrected chi connectivity index (χ2v) is 7.76. The molecule has 3 N–H and O–H groups in total. The number of benzene rings is 1. The number of nitrogens with two attached hydrogens (primary N) is 1. The third-order valence-corrected chi connectivity index (χ3v) is 5.41. The zero-order valence-electron chi connectivity index (χ0n) is 17.4. The van der Waals surface area contributed by atoms with Gasteiger partial charge in [-0.25, -0.2) is 4.98 Å². The molecule has 0 amide bonds. The van der Waals surface area contributed by atoms with Crippen LogP contribution < -0.4 is 11.1 Å². The molecule has 154 valence electrons. The highest BCUT2D eigenvalue weighted by Crippen LogP contribution is 2.31. The summed E-state index contributed by atoms with van der Waals surface area (Å²) in [5, 5.41) is 8.63. The second-order valence-electron chi connectivity index (χ2n) is 7.76. The standard InChI is InChI=1S/C21H29N7O/c1-14(2)15-4-6-16(7-5-15)18-17-19(22)27(3)26-20(17)25-21(24-18)23-8-9-28-10-12-29-13-11-28/h4-7,14H,8-13,22H2,1-3H3,(H,23,25,26). The van der Waals surface area contributed by atoms with Gasteiger partial charge in [-0.3, -0.25) is 9.58 Å². The summed E-state index contributed by atoms with van der Waals surface area (Å²) < 4.78 is 7.06. The predicted octanol–water partition coefficient (Wildman–Crippen LogP) is 2.48. The number of hydrogen-bond acceptors (Lipinski definition) is 7. The predicted molar refractivity (Wildman–Crippen MR) is 116 cm³/mol. The monoisotopic (exact) mass is 395 g/mol. The molecule has 0 saturated carbocycles. The fourth-order valence-corrected chi connectivity index (χ4v) is 3.58. The molecule has 0 unspecified atom stereocenters. The van der Waals surface area contributed by atoms with E-state index in [0.717, 1.165) is 56.0 Å². The van der Waals surface area contributed by atoms with Crippen LogP contribution in [0.3, 0.4) is 0 Å². The summed E-state index contributed by atoms with van der Waals surface area (Å²) in [5.74, 6) is 1.63. The lowest BCUT2D eigenvalue weighted by atomic mass is 10.00. The Labute approximate surface area is 171 Å². The first-order valence-corrected chi connectivity index (χ1v) is 10.2. The average molecular weight is 396 g/mol. The lowest BCUT2D eigenvalue weighted by molar-refractivity contribution is 0.0398. The Morgan fingerprint density at radius 1 is 1.14 bits per heavy atom. The van der Waals surface area contributed by atoms with Crippen molar-refractivity contribution < 1.29 is 4.74 Å². The number of fused-ring (bicyclic) bond motifs is 1. The van der Waals surface area contributed by atoms with Gasteiger partial charge in [0.05, 0.1) is 24.3 Å². The molecule has 0 spiro atoms. The molecule has 0 aliphatic carbocycles. The SMILES string of the molecule is CC(C)c1ccc(-c2nc(NCCN3CCOCC3)nc3nn(C)c(N)c23)cc1. The molecule has 1 aliphatic heterocycles. The van der Waals surface area contributed by atoms with E-state index in [1.807, 2.05) is 7.05 Å². The van der Waals surface area contributed by atoms with Gasteiger partial charge in [0, 0.05) is 38.8 Å². The lowest BCUT2D eigenvalue weighted by Gasteiger charge is -2.26. The zero-order chi connectivity index (χ0) is 20.4. The van der Waals surface area contributed by atoms with Crippen molar-refractivity contribution in [2.45, 2.75) is 19.8 Å². The van der Waals surface area contributed by atoms with Crippen LogP contribution in [0, 0.1) is 0 Å². The highest BCUT2D eigenvalue weighted by Gasteiger charge is 2.17. The van der Waals surface area contributed by atoms with Crippen LogP contribution in [0.4, 0.5) is 11.8 Å². The van der Waals surface area contributed by atoms with Crippen molar-refractivity contribution >= 4 is 22.8 Å². The van der Waals surface area contributed by atoms with Crippen LogP contribution in [0.2, 0.25) is 0 Å². The molecule has 0 radical (unpaired) electrons. The summed E-state index contributed by atoms with van der Waals surface area (Å²) in [6.45, 7) is 9.59. The van der Waals surface area contributed by atoms with Gasteiger partial charge in [-0.1, -0.05) is 38.1 Å². The number of nitrogens with one attached hydrogen (secondary N) is 1. The van der Waals surface area contributed by atoms with Crippen molar-refractivity contribution in [2.75, 3.05) is 50.4 Å². The second kappa shape index (κ2) is 8.34. The Balaban J connectivity index is 1.62. The number of anilines is 2. The van der Waals surface area contributed by atoms with Gasteiger partial charge in [-0.05, 0) is 11.5 Å². The highest BCUT2D eigenvalue weighted by molar-refractivity contribution is 5.98. The average Bonchev–Trinajstić information content (AvgIpc) is 3.02. The Bertz CT molecular complexity index is 975. The molecular weight excluding hydrogens is 366 g/mol. The highest BCUT2D eigenvalue weighted by atomic mass is 16.5. The van der Waals surface area contributed by atoms with Gasteiger partial charge in [0.1, 0.15) is 5.82 Å². The first kappa shape index (κ1) is 19.6. The number of nitrogen functional groups attached to an aromatic ring is 1. The van der Waals surface area contributed by atoms with Gasteiger partial charge >= 0.3 is 0 Å². The maximum Gasteiger partial charge on any atom is 0.225 e. The number of aromatic nitrogens is 4. The van der Waals surface area contributed by atoms with E-state index in [1.54, 1.807) is 4.68 Å². The van der Waals surface area contributed by atoms with Crippen LogP contribution in [0.25, 0.3) is 22.3 Å². The minimum absolute atomic E-state index is 0.482. The topological polar surface area (TPSA) is 94.1 Å². The van der Waals surface area contributed by atoms with E-state index in [-0.39, 0.29) is 0 Å². The van der Waals surface area contributed by atoms with Crippen LogP contribution in [0.15, 0.2) is 24.3 Å². The van der Waals surface area contributed by atoms with E-state index in [2.05, 4.69) is 58.4 Å². The zero-order valence-corrected chi connectivity index (χ0v) is 17.4. The quantitative estimate of drug-likeness (QED) is 0.662. The van der Waals surface area contributed by atoms with Crippen molar-refractivity contribution in [1.82, 2.24) is 24.6 Å². The number of hydrogen-bond donors (Lipinski definition) is 2. The number of ether oxygens (including phenoxy) is 1. The van der Waals surface area contributed by atoms with E-state index in [4.69, 9.17) is 15.5 Å². The van der Waals surface area contributed by atoms with Crippen molar-refractivity contribution in [3.8, 4) is 11.3 Å². The third kappa shape index (κ3) is 4.18. The maximum absolute atomic E-state index is 6.28. The smallest absolute Gasteiger partial charge is 0.225 e. The summed E-state index contributed by atoms with van der Waals surface area (Å²) in [6, 6.07) is 8.49. The molecule has 0 bridgehead atoms. The van der Waals surface area contributed by atoms with Crippen LogP contribution >= 0.6 is 0 Å². The van der Waals surface area contributed by atoms with E-state index >= 15 is 0 Å². The fraction of sp³-hybridized carbons (Fsp3) is 0.476. The van der Waals surface area contributed by atoms with Gasteiger partial charge in [0.15, 0.2) is 5.65 Å². The van der Waals surface area contributed by atoms with Crippen LogP contribution in [0.1, 0.15) is 25.3 Å². The van der Waals surface area contributed by atoms with E-state index in [9.17, 15) is 0 Å². The summed E-state index contributed by atoms with van der Waals surface area (Å²) in [4.78, 5) is 11.8. The largest absolute Gasteiger partial charge is 0.383 e. The number of nitrogens with zero attached hydrogens (tertiary/aromatic N) is 5. The molecule has 8 heteroatoms. The third-order valence-electron chi connectivity index (χ3n) is 5.41. The molecule has 8 nitrogen and oxygen atoms in total. The summed E-state index contributed by atoms with van der Waals surface area (Å²) >= 11 is 0. The molecule has 0 atom stereocenters. The number of rotatable bonds is 6. The van der Waals surface area contributed by atoms with Crippen LogP contribution in [-0.2, 0) is 11.8 Å². The molecule has 3 heterocycles. The minimum atomic E-state index is 0.482. The normalized spacial score (nSPS) is 15.3. The van der Waals surface area contributed by atoms with Gasteiger partial charge in [0.25, 0.3) is 0 Å². The molecule has 3 aromatic rings. The van der Waals surface area contributed by atoms with Gasteiger partial charge in [-0.15, -0.1) is 0 Å². The van der Waals surface area contributed by atoms with Gasteiger partial charge in [-0.2, -0.15) is 10.1 Å². The first-order chi connectivity index (χ1) is 14.0.